The number of hydrogen-bond acceptors (Lipinski definition) is 5. The first kappa shape index (κ1) is 23.9. The first-order valence-electron chi connectivity index (χ1n) is 11.5. The van der Waals surface area contributed by atoms with Gasteiger partial charge in [0.1, 0.15) is 12.6 Å². The van der Waals surface area contributed by atoms with Crippen molar-refractivity contribution in [1.82, 2.24) is 15.6 Å². The number of alkyl carbamates (subject to hydrolysis) is 1. The zero-order valence-corrected chi connectivity index (χ0v) is 19.4. The van der Waals surface area contributed by atoms with E-state index in [1.54, 1.807) is 6.20 Å². The van der Waals surface area contributed by atoms with Crippen molar-refractivity contribution in [1.29, 1.82) is 0 Å². The fourth-order valence-electron chi connectivity index (χ4n) is 4.37. The number of carbonyl (C=O) groups excluding carboxylic acids is 2. The monoisotopic (exact) mass is 473 g/mol. The summed E-state index contributed by atoms with van der Waals surface area (Å²) < 4.78 is 5.46. The van der Waals surface area contributed by atoms with Gasteiger partial charge in [-0.25, -0.2) is 4.79 Å². The summed E-state index contributed by atoms with van der Waals surface area (Å²) >= 11 is 0. The molecule has 0 fully saturated rings. The highest BCUT2D eigenvalue weighted by Crippen LogP contribution is 2.44. The lowest BCUT2D eigenvalue weighted by Gasteiger charge is -2.19. The van der Waals surface area contributed by atoms with Crippen LogP contribution < -0.4 is 10.6 Å². The van der Waals surface area contributed by atoms with Gasteiger partial charge in [-0.1, -0.05) is 54.6 Å². The minimum absolute atomic E-state index is 0.0697. The Labute approximate surface area is 203 Å². The van der Waals surface area contributed by atoms with Gasteiger partial charge in [-0.2, -0.15) is 0 Å². The van der Waals surface area contributed by atoms with Gasteiger partial charge in [-0.15, -0.1) is 0 Å². The fraction of sp³-hybridized carbons (Fsp3) is 0.259. The van der Waals surface area contributed by atoms with Crippen molar-refractivity contribution in [3.05, 3.63) is 89.2 Å². The molecule has 3 aromatic rings. The van der Waals surface area contributed by atoms with Crippen molar-refractivity contribution in [3.8, 4) is 11.1 Å². The number of aliphatic carboxylic acids is 1. The third kappa shape index (κ3) is 5.66. The van der Waals surface area contributed by atoms with Crippen molar-refractivity contribution >= 4 is 18.0 Å². The van der Waals surface area contributed by atoms with Crippen molar-refractivity contribution in [2.75, 3.05) is 13.2 Å². The highest BCUT2D eigenvalue weighted by Gasteiger charge is 2.30. The lowest BCUT2D eigenvalue weighted by Crippen LogP contribution is -2.48. The number of fused-ring (bicyclic) bond motifs is 3. The molecule has 3 N–H and O–H groups in total. The molecule has 180 valence electrons. The van der Waals surface area contributed by atoms with E-state index in [0.29, 0.717) is 6.42 Å². The molecular weight excluding hydrogens is 446 g/mol. The standard InChI is InChI=1S/C27H27N3O5/c1-17-7-6-13-28-23(17)12-14-29-26(33)24(15-25(31)32)30-27(34)35-16-22-20-10-4-2-8-18(20)19-9-3-5-11-21(19)22/h2-11,13,22,24H,12,14-16H2,1H3,(H,29,33)(H,30,34)(H,31,32). The molecule has 1 heterocycles. The molecule has 1 unspecified atom stereocenters. The molecule has 1 aromatic heterocycles. The number of carboxylic acid groups (broad SMARTS) is 1. The molecule has 35 heavy (non-hydrogen) atoms. The summed E-state index contributed by atoms with van der Waals surface area (Å²) in [5.74, 6) is -1.93. The molecule has 1 atom stereocenters. The Bertz CT molecular complexity index is 1200. The molecule has 1 aliphatic rings. The number of nitrogens with one attached hydrogen (secondary N) is 2. The van der Waals surface area contributed by atoms with E-state index in [9.17, 15) is 19.5 Å². The highest BCUT2D eigenvalue weighted by molar-refractivity contribution is 5.89. The van der Waals surface area contributed by atoms with Crippen molar-refractivity contribution < 1.29 is 24.2 Å². The van der Waals surface area contributed by atoms with Crippen LogP contribution >= 0.6 is 0 Å². The number of rotatable bonds is 9. The summed E-state index contributed by atoms with van der Waals surface area (Å²) in [6, 6.07) is 18.4. The quantitative estimate of drug-likeness (QED) is 0.438. The number of amides is 2. The van der Waals surface area contributed by atoms with E-state index in [2.05, 4.69) is 15.6 Å². The third-order valence-corrected chi connectivity index (χ3v) is 6.11. The van der Waals surface area contributed by atoms with Crippen molar-refractivity contribution in [2.45, 2.75) is 31.7 Å². The normalized spacial score (nSPS) is 12.8. The average Bonchev–Trinajstić information content (AvgIpc) is 3.17. The van der Waals surface area contributed by atoms with E-state index in [0.717, 1.165) is 33.5 Å². The summed E-state index contributed by atoms with van der Waals surface area (Å²) in [6.07, 6.45) is 0.770. The lowest BCUT2D eigenvalue weighted by atomic mass is 9.98. The van der Waals surface area contributed by atoms with Crippen LogP contribution in [0, 0.1) is 6.92 Å². The Morgan fingerprint density at radius 3 is 2.29 bits per heavy atom. The van der Waals surface area contributed by atoms with Gasteiger partial charge in [0.05, 0.1) is 6.42 Å². The molecule has 8 heteroatoms. The second-order valence-electron chi connectivity index (χ2n) is 8.43. The topological polar surface area (TPSA) is 118 Å². The predicted molar refractivity (Wildman–Crippen MR) is 130 cm³/mol. The van der Waals surface area contributed by atoms with Gasteiger partial charge < -0.3 is 20.5 Å². The van der Waals surface area contributed by atoms with Crippen LogP contribution in [0.3, 0.4) is 0 Å². The van der Waals surface area contributed by atoms with Crippen LogP contribution in [0.2, 0.25) is 0 Å². The van der Waals surface area contributed by atoms with Crippen LogP contribution in [0.5, 0.6) is 0 Å². The summed E-state index contributed by atoms with van der Waals surface area (Å²) in [5.41, 5.74) is 6.16. The van der Waals surface area contributed by atoms with Gasteiger partial charge in [0.2, 0.25) is 5.91 Å². The van der Waals surface area contributed by atoms with Gasteiger partial charge in [0.15, 0.2) is 0 Å². The number of hydrogen-bond donors (Lipinski definition) is 3. The molecule has 0 spiro atoms. The first-order chi connectivity index (χ1) is 16.9. The zero-order chi connectivity index (χ0) is 24.8. The highest BCUT2D eigenvalue weighted by atomic mass is 16.5. The molecule has 2 amide bonds. The van der Waals surface area contributed by atoms with Gasteiger partial charge in [-0.3, -0.25) is 14.6 Å². The van der Waals surface area contributed by atoms with Crippen molar-refractivity contribution in [2.24, 2.45) is 0 Å². The number of pyridine rings is 1. The molecule has 0 radical (unpaired) electrons. The maximum Gasteiger partial charge on any atom is 0.407 e. The van der Waals surface area contributed by atoms with Crippen LogP contribution in [0.25, 0.3) is 11.1 Å². The van der Waals surface area contributed by atoms with E-state index in [1.165, 1.54) is 0 Å². The number of carbonyl (C=O) groups is 3. The van der Waals surface area contributed by atoms with Gasteiger partial charge in [-0.05, 0) is 40.8 Å². The van der Waals surface area contributed by atoms with Gasteiger partial charge >= 0.3 is 12.1 Å². The van der Waals surface area contributed by atoms with E-state index in [1.807, 2.05) is 67.6 Å². The minimum Gasteiger partial charge on any atom is -0.481 e. The van der Waals surface area contributed by atoms with E-state index in [-0.39, 0.29) is 19.1 Å². The van der Waals surface area contributed by atoms with Crippen LogP contribution in [-0.2, 0) is 20.7 Å². The second kappa shape index (κ2) is 10.8. The Kier molecular flexibility index (Phi) is 7.40. The lowest BCUT2D eigenvalue weighted by molar-refractivity contribution is -0.139. The van der Waals surface area contributed by atoms with Crippen LogP contribution in [0.4, 0.5) is 4.79 Å². The number of ether oxygens (including phenoxy) is 1. The molecule has 1 aliphatic carbocycles. The van der Waals surface area contributed by atoms with Gasteiger partial charge in [0, 0.05) is 30.8 Å². The Hall–Kier alpha value is -4.20. The Morgan fingerprint density at radius 1 is 1.00 bits per heavy atom. The summed E-state index contributed by atoms with van der Waals surface area (Å²) in [7, 11) is 0. The summed E-state index contributed by atoms with van der Waals surface area (Å²) in [5, 5.41) is 14.3. The van der Waals surface area contributed by atoms with E-state index in [4.69, 9.17) is 4.74 Å². The number of aromatic nitrogens is 1. The summed E-state index contributed by atoms with van der Waals surface area (Å²) in [4.78, 5) is 40.7. The number of carboxylic acids is 1. The van der Waals surface area contributed by atoms with E-state index < -0.39 is 30.4 Å². The molecule has 0 bridgehead atoms. The van der Waals surface area contributed by atoms with Gasteiger partial charge in [0.25, 0.3) is 0 Å². The van der Waals surface area contributed by atoms with Crippen LogP contribution in [0.1, 0.15) is 34.7 Å². The van der Waals surface area contributed by atoms with E-state index >= 15 is 0 Å². The van der Waals surface area contributed by atoms with Crippen molar-refractivity contribution in [3.63, 3.8) is 0 Å². The molecule has 2 aromatic carbocycles. The second-order valence-corrected chi connectivity index (χ2v) is 8.43. The summed E-state index contributed by atoms with van der Waals surface area (Å²) in [6.45, 7) is 2.26. The largest absolute Gasteiger partial charge is 0.481 e. The fourth-order valence-corrected chi connectivity index (χ4v) is 4.37. The smallest absolute Gasteiger partial charge is 0.407 e. The first-order valence-corrected chi connectivity index (χ1v) is 11.5. The number of nitrogens with zero attached hydrogens (tertiary/aromatic N) is 1. The number of benzene rings is 2. The number of aryl methyl sites for hydroxylation is 1. The molecule has 0 aliphatic heterocycles. The SMILES string of the molecule is Cc1cccnc1CCNC(=O)C(CC(=O)O)NC(=O)OCC1c2ccccc2-c2ccccc21. The Balaban J connectivity index is 1.35. The minimum atomic E-state index is -1.26. The third-order valence-electron chi connectivity index (χ3n) is 6.11. The van der Waals surface area contributed by atoms with Crippen LogP contribution in [-0.4, -0.2) is 47.3 Å². The zero-order valence-electron chi connectivity index (χ0n) is 19.4. The molecule has 4 rings (SSSR count). The van der Waals surface area contributed by atoms with Crippen LogP contribution in [0.15, 0.2) is 66.9 Å². The maximum atomic E-state index is 12.6. The predicted octanol–water partition coefficient (Wildman–Crippen LogP) is 3.43. The average molecular weight is 474 g/mol. The Morgan fingerprint density at radius 2 is 1.66 bits per heavy atom. The molecular formula is C27H27N3O5. The molecule has 8 nitrogen and oxygen atoms in total. The molecule has 0 saturated carbocycles. The molecule has 0 saturated heterocycles. The maximum absolute atomic E-state index is 12.6.